The minimum atomic E-state index is 0.0766. The van der Waals surface area contributed by atoms with Crippen LogP contribution in [0.4, 0.5) is 0 Å². The smallest absolute Gasteiger partial charge is 0.0927 e. The van der Waals surface area contributed by atoms with Crippen molar-refractivity contribution in [3.8, 4) is 11.3 Å². The molecule has 0 aliphatic heterocycles. The second-order valence-corrected chi connectivity index (χ2v) is 3.85. The van der Waals surface area contributed by atoms with Crippen LogP contribution in [0.2, 0.25) is 0 Å². The molecule has 3 heteroatoms. The number of hydrogen-bond donors (Lipinski definition) is 2. The third-order valence-electron chi connectivity index (χ3n) is 2.97. The average Bonchev–Trinajstić information content (AvgIpc) is 2.81. The van der Waals surface area contributed by atoms with E-state index in [-0.39, 0.29) is 6.61 Å². The summed E-state index contributed by atoms with van der Waals surface area (Å²) in [5.41, 5.74) is 5.45. The molecule has 1 heterocycles. The first-order valence-electron chi connectivity index (χ1n) is 5.49. The SMILES string of the molecule is CCc1ccc(CO)c(C)c1-c1c[nH]cn1. The molecule has 84 valence electrons. The lowest BCUT2D eigenvalue weighted by atomic mass is 9.94. The molecule has 2 rings (SSSR count). The third-order valence-corrected chi connectivity index (χ3v) is 2.97. The van der Waals surface area contributed by atoms with E-state index in [1.807, 2.05) is 19.2 Å². The molecule has 0 aliphatic rings. The summed E-state index contributed by atoms with van der Waals surface area (Å²) >= 11 is 0. The van der Waals surface area contributed by atoms with E-state index in [1.165, 1.54) is 5.56 Å². The van der Waals surface area contributed by atoms with Gasteiger partial charge in [0.2, 0.25) is 0 Å². The summed E-state index contributed by atoms with van der Waals surface area (Å²) in [5, 5.41) is 9.28. The van der Waals surface area contributed by atoms with Gasteiger partial charge in [0, 0.05) is 11.8 Å². The van der Waals surface area contributed by atoms with Gasteiger partial charge in [-0.25, -0.2) is 4.98 Å². The summed E-state index contributed by atoms with van der Waals surface area (Å²) in [5.74, 6) is 0. The van der Waals surface area contributed by atoms with E-state index in [0.29, 0.717) is 0 Å². The van der Waals surface area contributed by atoms with Gasteiger partial charge >= 0.3 is 0 Å². The highest BCUT2D eigenvalue weighted by molar-refractivity contribution is 5.68. The first-order chi connectivity index (χ1) is 7.77. The Kier molecular flexibility index (Phi) is 3.06. The highest BCUT2D eigenvalue weighted by Crippen LogP contribution is 2.28. The largest absolute Gasteiger partial charge is 0.392 e. The van der Waals surface area contributed by atoms with Crippen molar-refractivity contribution in [2.45, 2.75) is 26.9 Å². The summed E-state index contributed by atoms with van der Waals surface area (Å²) in [7, 11) is 0. The minimum Gasteiger partial charge on any atom is -0.392 e. The number of nitrogens with one attached hydrogen (secondary N) is 1. The van der Waals surface area contributed by atoms with Crippen molar-refractivity contribution in [2.24, 2.45) is 0 Å². The van der Waals surface area contributed by atoms with E-state index in [9.17, 15) is 5.11 Å². The van der Waals surface area contributed by atoms with Gasteiger partial charge in [0.15, 0.2) is 0 Å². The van der Waals surface area contributed by atoms with Crippen molar-refractivity contribution in [2.75, 3.05) is 0 Å². The lowest BCUT2D eigenvalue weighted by Crippen LogP contribution is -1.97. The van der Waals surface area contributed by atoms with E-state index in [4.69, 9.17) is 0 Å². The summed E-state index contributed by atoms with van der Waals surface area (Å²) in [4.78, 5) is 7.26. The van der Waals surface area contributed by atoms with Gasteiger partial charge in [-0.3, -0.25) is 0 Å². The van der Waals surface area contributed by atoms with E-state index >= 15 is 0 Å². The van der Waals surface area contributed by atoms with Gasteiger partial charge < -0.3 is 10.1 Å². The van der Waals surface area contributed by atoms with Gasteiger partial charge in [-0.1, -0.05) is 19.1 Å². The number of aryl methyl sites for hydroxylation is 1. The number of aromatic nitrogens is 2. The first kappa shape index (κ1) is 10.9. The summed E-state index contributed by atoms with van der Waals surface area (Å²) in [6.45, 7) is 4.24. The van der Waals surface area contributed by atoms with Crippen LogP contribution in [0.1, 0.15) is 23.6 Å². The fourth-order valence-corrected chi connectivity index (χ4v) is 2.03. The number of rotatable bonds is 3. The predicted octanol–water partition coefficient (Wildman–Crippen LogP) is 2.44. The Hall–Kier alpha value is -1.61. The molecule has 0 atom stereocenters. The van der Waals surface area contributed by atoms with Crippen molar-refractivity contribution in [3.05, 3.63) is 41.3 Å². The third kappa shape index (κ3) is 1.74. The van der Waals surface area contributed by atoms with Crippen LogP contribution in [0.5, 0.6) is 0 Å². The lowest BCUT2D eigenvalue weighted by Gasteiger charge is -2.12. The Labute approximate surface area is 95.2 Å². The Morgan fingerprint density at radius 1 is 1.31 bits per heavy atom. The number of aromatic amines is 1. The molecule has 1 aromatic carbocycles. The molecule has 0 bridgehead atoms. The number of aliphatic hydroxyl groups excluding tert-OH is 1. The second kappa shape index (κ2) is 4.49. The zero-order chi connectivity index (χ0) is 11.5. The molecule has 0 radical (unpaired) electrons. The standard InChI is InChI=1S/C13H16N2O/c1-3-10-4-5-11(7-16)9(2)13(10)12-6-14-8-15-12/h4-6,8,16H,3,7H2,1-2H3,(H,14,15). The number of imidazole rings is 1. The van der Waals surface area contributed by atoms with Crippen molar-refractivity contribution in [1.29, 1.82) is 0 Å². The lowest BCUT2D eigenvalue weighted by molar-refractivity contribution is 0.281. The zero-order valence-corrected chi connectivity index (χ0v) is 9.62. The van der Waals surface area contributed by atoms with Crippen molar-refractivity contribution in [3.63, 3.8) is 0 Å². The van der Waals surface area contributed by atoms with Gasteiger partial charge in [-0.05, 0) is 30.0 Å². The quantitative estimate of drug-likeness (QED) is 0.827. The minimum absolute atomic E-state index is 0.0766. The molecule has 0 fully saturated rings. The first-order valence-corrected chi connectivity index (χ1v) is 5.49. The van der Waals surface area contributed by atoms with Crippen LogP contribution >= 0.6 is 0 Å². The molecular formula is C13H16N2O. The van der Waals surface area contributed by atoms with Gasteiger partial charge in [0.25, 0.3) is 0 Å². The molecule has 0 aliphatic carbocycles. The molecule has 0 spiro atoms. The van der Waals surface area contributed by atoms with Crippen LogP contribution < -0.4 is 0 Å². The van der Waals surface area contributed by atoms with Crippen LogP contribution in [-0.4, -0.2) is 15.1 Å². The number of H-pyrrole nitrogens is 1. The Morgan fingerprint density at radius 2 is 2.06 bits per heavy atom. The molecule has 3 nitrogen and oxygen atoms in total. The van der Waals surface area contributed by atoms with Crippen LogP contribution in [-0.2, 0) is 13.0 Å². The molecular weight excluding hydrogens is 200 g/mol. The molecule has 0 saturated carbocycles. The van der Waals surface area contributed by atoms with Crippen LogP contribution in [0.15, 0.2) is 24.7 Å². The normalized spacial score (nSPS) is 10.7. The summed E-state index contributed by atoms with van der Waals surface area (Å²) in [6, 6.07) is 4.06. The zero-order valence-electron chi connectivity index (χ0n) is 9.62. The highest BCUT2D eigenvalue weighted by atomic mass is 16.3. The van der Waals surface area contributed by atoms with Crippen LogP contribution in [0.3, 0.4) is 0 Å². The number of benzene rings is 1. The topological polar surface area (TPSA) is 48.9 Å². The Morgan fingerprint density at radius 3 is 2.62 bits per heavy atom. The molecule has 2 N–H and O–H groups in total. The van der Waals surface area contributed by atoms with E-state index in [1.54, 1.807) is 6.33 Å². The van der Waals surface area contributed by atoms with Gasteiger partial charge in [0.05, 0.1) is 18.6 Å². The van der Waals surface area contributed by atoms with E-state index in [0.717, 1.165) is 28.8 Å². The maximum absolute atomic E-state index is 9.28. The average molecular weight is 216 g/mol. The van der Waals surface area contributed by atoms with Crippen LogP contribution in [0.25, 0.3) is 11.3 Å². The van der Waals surface area contributed by atoms with Gasteiger partial charge in [-0.15, -0.1) is 0 Å². The van der Waals surface area contributed by atoms with Gasteiger partial charge in [0.1, 0.15) is 0 Å². The summed E-state index contributed by atoms with van der Waals surface area (Å²) in [6.07, 6.45) is 4.54. The Bertz CT molecular complexity index is 475. The monoisotopic (exact) mass is 216 g/mol. The maximum Gasteiger partial charge on any atom is 0.0927 e. The van der Waals surface area contributed by atoms with E-state index < -0.39 is 0 Å². The molecule has 0 saturated heterocycles. The van der Waals surface area contributed by atoms with Crippen molar-refractivity contribution in [1.82, 2.24) is 9.97 Å². The summed E-state index contributed by atoms with van der Waals surface area (Å²) < 4.78 is 0. The molecule has 16 heavy (non-hydrogen) atoms. The van der Waals surface area contributed by atoms with E-state index in [2.05, 4.69) is 23.0 Å². The second-order valence-electron chi connectivity index (χ2n) is 3.85. The molecule has 0 amide bonds. The molecule has 2 aromatic rings. The van der Waals surface area contributed by atoms with Crippen molar-refractivity contribution >= 4 is 0 Å². The number of hydrogen-bond acceptors (Lipinski definition) is 2. The number of nitrogens with zero attached hydrogens (tertiary/aromatic N) is 1. The highest BCUT2D eigenvalue weighted by Gasteiger charge is 2.11. The number of aliphatic hydroxyl groups is 1. The predicted molar refractivity (Wildman–Crippen MR) is 64.1 cm³/mol. The fraction of sp³-hybridized carbons (Fsp3) is 0.308. The van der Waals surface area contributed by atoms with Crippen LogP contribution in [0, 0.1) is 6.92 Å². The van der Waals surface area contributed by atoms with Crippen molar-refractivity contribution < 1.29 is 5.11 Å². The fourth-order valence-electron chi connectivity index (χ4n) is 2.03. The molecule has 0 unspecified atom stereocenters. The Balaban J connectivity index is 2.65. The molecule has 1 aromatic heterocycles. The van der Waals surface area contributed by atoms with Gasteiger partial charge in [-0.2, -0.15) is 0 Å². The maximum atomic E-state index is 9.28.